The largest absolute Gasteiger partial charge is 0.455 e. The maximum atomic E-state index is 13.5. The van der Waals surface area contributed by atoms with Crippen LogP contribution in [0.4, 0.5) is 10.1 Å². The van der Waals surface area contributed by atoms with E-state index in [1.807, 2.05) is 13.0 Å². The van der Waals surface area contributed by atoms with Gasteiger partial charge in [0.15, 0.2) is 5.75 Å². The van der Waals surface area contributed by atoms with E-state index < -0.39 is 0 Å². The van der Waals surface area contributed by atoms with E-state index in [4.69, 9.17) is 10.5 Å². The molecule has 0 bridgehead atoms. The monoisotopic (exact) mass is 287 g/mol. The number of ether oxygens (including phenoxy) is 1. The number of hydrogen-bond acceptors (Lipinski definition) is 2. The fourth-order valence-corrected chi connectivity index (χ4v) is 2.21. The molecule has 0 unspecified atom stereocenters. The summed E-state index contributed by atoms with van der Waals surface area (Å²) in [6.07, 6.45) is 0. The Morgan fingerprint density at radius 2 is 1.67 bits per heavy atom. The Bertz CT molecular complexity index is 672. The first kappa shape index (κ1) is 15.4. The number of nitrogen functional groups attached to an aromatic ring is 1. The Hall–Kier alpha value is -2.03. The third-order valence-electron chi connectivity index (χ3n) is 3.46. The van der Waals surface area contributed by atoms with Crippen LogP contribution in [0.1, 0.15) is 37.5 Å². The predicted octanol–water partition coefficient (Wildman–Crippen LogP) is 5.11. The molecule has 0 aliphatic heterocycles. The molecule has 0 spiro atoms. The molecule has 2 nitrogen and oxygen atoms in total. The number of benzene rings is 2. The summed E-state index contributed by atoms with van der Waals surface area (Å²) in [6, 6.07) is 9.05. The van der Waals surface area contributed by atoms with Gasteiger partial charge >= 0.3 is 0 Å². The standard InChI is InChI=1S/C18H22FNO/c1-11-6-7-13(18(3,4)5)16(8-11)21-17-9-12(2)14(19)10-15(17)20/h6-10H,20H2,1-5H3. The van der Waals surface area contributed by atoms with Gasteiger partial charge in [0.25, 0.3) is 0 Å². The first-order chi connectivity index (χ1) is 9.68. The molecule has 2 aromatic rings. The van der Waals surface area contributed by atoms with Gasteiger partial charge in [0.1, 0.15) is 11.6 Å². The second-order valence-electron chi connectivity index (χ2n) is 6.49. The Morgan fingerprint density at radius 3 is 2.29 bits per heavy atom. The molecule has 2 N–H and O–H groups in total. The fraction of sp³-hybridized carbons (Fsp3) is 0.333. The Balaban J connectivity index is 2.49. The summed E-state index contributed by atoms with van der Waals surface area (Å²) in [7, 11) is 0. The maximum Gasteiger partial charge on any atom is 0.150 e. The molecule has 21 heavy (non-hydrogen) atoms. The third-order valence-corrected chi connectivity index (χ3v) is 3.46. The summed E-state index contributed by atoms with van der Waals surface area (Å²) in [5.74, 6) is 0.936. The van der Waals surface area contributed by atoms with Gasteiger partial charge in [-0.25, -0.2) is 4.39 Å². The van der Waals surface area contributed by atoms with Gasteiger partial charge in [-0.15, -0.1) is 0 Å². The fourth-order valence-electron chi connectivity index (χ4n) is 2.21. The van der Waals surface area contributed by atoms with E-state index >= 15 is 0 Å². The molecule has 0 amide bonds. The van der Waals surface area contributed by atoms with E-state index in [9.17, 15) is 4.39 Å². The van der Waals surface area contributed by atoms with Crippen molar-refractivity contribution in [3.63, 3.8) is 0 Å². The molecule has 0 heterocycles. The number of aryl methyl sites for hydroxylation is 2. The number of anilines is 1. The zero-order valence-corrected chi connectivity index (χ0v) is 13.3. The lowest BCUT2D eigenvalue weighted by Gasteiger charge is -2.23. The summed E-state index contributed by atoms with van der Waals surface area (Å²) in [5, 5.41) is 0. The lowest BCUT2D eigenvalue weighted by molar-refractivity contribution is 0.455. The van der Waals surface area contributed by atoms with E-state index in [1.54, 1.807) is 13.0 Å². The van der Waals surface area contributed by atoms with Crippen molar-refractivity contribution >= 4 is 5.69 Å². The number of rotatable bonds is 2. The molecular formula is C18H22FNO. The van der Waals surface area contributed by atoms with Crippen molar-refractivity contribution < 1.29 is 9.13 Å². The topological polar surface area (TPSA) is 35.2 Å². The van der Waals surface area contributed by atoms with Crippen molar-refractivity contribution in [1.29, 1.82) is 0 Å². The minimum atomic E-state index is -0.319. The van der Waals surface area contributed by atoms with Crippen LogP contribution in [-0.4, -0.2) is 0 Å². The van der Waals surface area contributed by atoms with E-state index in [0.717, 1.165) is 16.9 Å². The molecular weight excluding hydrogens is 265 g/mol. The van der Waals surface area contributed by atoms with Gasteiger partial charge in [0.2, 0.25) is 0 Å². The van der Waals surface area contributed by atoms with Gasteiger partial charge in [0, 0.05) is 11.6 Å². The molecule has 0 aliphatic carbocycles. The first-order valence-corrected chi connectivity index (χ1v) is 7.03. The SMILES string of the molecule is Cc1ccc(C(C)(C)C)c(Oc2cc(C)c(F)cc2N)c1. The van der Waals surface area contributed by atoms with Crippen molar-refractivity contribution in [2.75, 3.05) is 5.73 Å². The molecule has 0 atom stereocenters. The number of hydrogen-bond donors (Lipinski definition) is 1. The lowest BCUT2D eigenvalue weighted by atomic mass is 9.86. The highest BCUT2D eigenvalue weighted by molar-refractivity contribution is 5.57. The first-order valence-electron chi connectivity index (χ1n) is 7.03. The zero-order chi connectivity index (χ0) is 15.8. The molecule has 112 valence electrons. The zero-order valence-electron chi connectivity index (χ0n) is 13.3. The van der Waals surface area contributed by atoms with E-state index in [2.05, 4.69) is 32.9 Å². The minimum absolute atomic E-state index is 0.0487. The third kappa shape index (κ3) is 3.35. The average Bonchev–Trinajstić information content (AvgIpc) is 2.34. The lowest BCUT2D eigenvalue weighted by Crippen LogP contribution is -2.12. The molecule has 2 aromatic carbocycles. The van der Waals surface area contributed by atoms with Gasteiger partial charge in [0.05, 0.1) is 5.69 Å². The molecule has 0 radical (unpaired) electrons. The summed E-state index contributed by atoms with van der Waals surface area (Å²) >= 11 is 0. The summed E-state index contributed by atoms with van der Waals surface area (Å²) in [5.41, 5.74) is 8.84. The number of halogens is 1. The van der Waals surface area contributed by atoms with Gasteiger partial charge in [-0.2, -0.15) is 0 Å². The molecule has 0 saturated carbocycles. The molecule has 0 aliphatic rings. The van der Waals surface area contributed by atoms with Crippen LogP contribution in [0, 0.1) is 19.7 Å². The molecule has 2 rings (SSSR count). The summed E-state index contributed by atoms with van der Waals surface area (Å²) < 4.78 is 19.5. The Labute approximate surface area is 125 Å². The predicted molar refractivity (Wildman–Crippen MR) is 85.5 cm³/mol. The quantitative estimate of drug-likeness (QED) is 0.778. The van der Waals surface area contributed by atoms with Crippen LogP contribution in [0.15, 0.2) is 30.3 Å². The molecule has 0 aromatic heterocycles. The van der Waals surface area contributed by atoms with Crippen LogP contribution in [0.3, 0.4) is 0 Å². The highest BCUT2D eigenvalue weighted by Crippen LogP contribution is 2.37. The maximum absolute atomic E-state index is 13.5. The summed E-state index contributed by atoms with van der Waals surface area (Å²) in [4.78, 5) is 0. The van der Waals surface area contributed by atoms with E-state index in [0.29, 0.717) is 17.0 Å². The van der Waals surface area contributed by atoms with Crippen molar-refractivity contribution in [1.82, 2.24) is 0 Å². The Morgan fingerprint density at radius 1 is 1.00 bits per heavy atom. The van der Waals surface area contributed by atoms with Crippen molar-refractivity contribution in [3.8, 4) is 11.5 Å². The van der Waals surface area contributed by atoms with E-state index in [1.165, 1.54) is 6.07 Å². The van der Waals surface area contributed by atoms with Crippen LogP contribution >= 0.6 is 0 Å². The second-order valence-corrected chi connectivity index (χ2v) is 6.49. The Kier molecular flexibility index (Phi) is 3.95. The minimum Gasteiger partial charge on any atom is -0.455 e. The van der Waals surface area contributed by atoms with Gasteiger partial charge in [-0.3, -0.25) is 0 Å². The van der Waals surface area contributed by atoms with Gasteiger partial charge < -0.3 is 10.5 Å². The van der Waals surface area contributed by atoms with Crippen LogP contribution in [0.5, 0.6) is 11.5 Å². The van der Waals surface area contributed by atoms with Crippen LogP contribution in [-0.2, 0) is 5.41 Å². The van der Waals surface area contributed by atoms with Crippen LogP contribution < -0.4 is 10.5 Å². The van der Waals surface area contributed by atoms with Crippen molar-refractivity contribution in [2.24, 2.45) is 0 Å². The second kappa shape index (κ2) is 5.40. The summed E-state index contributed by atoms with van der Waals surface area (Å²) in [6.45, 7) is 10.1. The van der Waals surface area contributed by atoms with Crippen molar-refractivity contribution in [3.05, 3.63) is 52.8 Å². The highest BCUT2D eigenvalue weighted by atomic mass is 19.1. The van der Waals surface area contributed by atoms with Gasteiger partial charge in [-0.05, 0) is 42.5 Å². The van der Waals surface area contributed by atoms with Crippen LogP contribution in [0.2, 0.25) is 0 Å². The normalized spacial score (nSPS) is 11.5. The van der Waals surface area contributed by atoms with Crippen LogP contribution in [0.25, 0.3) is 0 Å². The van der Waals surface area contributed by atoms with E-state index in [-0.39, 0.29) is 11.2 Å². The molecule has 0 saturated heterocycles. The van der Waals surface area contributed by atoms with Gasteiger partial charge in [-0.1, -0.05) is 32.9 Å². The highest BCUT2D eigenvalue weighted by Gasteiger charge is 2.20. The molecule has 0 fully saturated rings. The van der Waals surface area contributed by atoms with Crippen molar-refractivity contribution in [2.45, 2.75) is 40.0 Å². The molecule has 3 heteroatoms. The number of nitrogens with two attached hydrogens (primary N) is 1. The average molecular weight is 287 g/mol. The smallest absolute Gasteiger partial charge is 0.150 e.